The molecule has 3 heterocycles. The third-order valence-corrected chi connectivity index (χ3v) is 5.95. The van der Waals surface area contributed by atoms with Gasteiger partial charge in [-0.05, 0) is 23.1 Å². The number of benzene rings is 3. The normalized spacial score (nSPS) is 15.4. The van der Waals surface area contributed by atoms with Crippen molar-refractivity contribution in [2.45, 2.75) is 5.92 Å². The van der Waals surface area contributed by atoms with Crippen molar-refractivity contribution in [3.63, 3.8) is 0 Å². The second-order valence-electron chi connectivity index (χ2n) is 7.74. The largest absolute Gasteiger partial charge is 0.439 e. The maximum atomic E-state index is 13.1. The lowest BCUT2D eigenvalue weighted by atomic mass is 9.82. The molecule has 0 radical (unpaired) electrons. The molecule has 1 aliphatic rings. The lowest BCUT2D eigenvalue weighted by Gasteiger charge is -2.26. The number of ether oxygens (including phenoxy) is 1. The van der Waals surface area contributed by atoms with Gasteiger partial charge in [0.25, 0.3) is 0 Å². The molecule has 0 saturated heterocycles. The van der Waals surface area contributed by atoms with Crippen molar-refractivity contribution in [3.8, 4) is 11.8 Å². The standard InChI is InChI=1S/C26H14N2O5/c27-12-18-21(22-24(33-25(18)28)16-7-3-4-8-19(16)31-26(22)30)17-11-20(29)32-23-14-6-2-1-5-13(14)9-10-15(17)23/h1-11,21H,28H2. The summed E-state index contributed by atoms with van der Waals surface area (Å²) in [5.41, 5.74) is 6.11. The lowest BCUT2D eigenvalue weighted by molar-refractivity contribution is 0.388. The van der Waals surface area contributed by atoms with Crippen molar-refractivity contribution in [1.82, 2.24) is 0 Å². The average molecular weight is 434 g/mol. The summed E-state index contributed by atoms with van der Waals surface area (Å²) in [5.74, 6) is -0.883. The SMILES string of the molecule is N#CC1=C(N)Oc2c(c(=O)oc3ccccc23)C1c1cc(=O)oc2c1ccc1ccccc12. The van der Waals surface area contributed by atoms with Crippen LogP contribution in [-0.4, -0.2) is 0 Å². The fourth-order valence-electron chi connectivity index (χ4n) is 4.53. The molecule has 158 valence electrons. The Kier molecular flexibility index (Phi) is 3.92. The molecule has 6 rings (SSSR count). The molecule has 33 heavy (non-hydrogen) atoms. The van der Waals surface area contributed by atoms with E-state index in [2.05, 4.69) is 6.07 Å². The molecule has 5 aromatic rings. The van der Waals surface area contributed by atoms with Crippen LogP contribution in [0.5, 0.6) is 5.75 Å². The Bertz CT molecular complexity index is 1820. The Balaban J connectivity index is 1.77. The van der Waals surface area contributed by atoms with E-state index in [1.165, 1.54) is 6.07 Å². The van der Waals surface area contributed by atoms with E-state index < -0.39 is 17.2 Å². The van der Waals surface area contributed by atoms with Gasteiger partial charge in [0.15, 0.2) is 5.75 Å². The zero-order valence-corrected chi connectivity index (χ0v) is 17.0. The van der Waals surface area contributed by atoms with Gasteiger partial charge in [-0.25, -0.2) is 9.59 Å². The molecule has 0 aliphatic carbocycles. The summed E-state index contributed by atoms with van der Waals surface area (Å²) < 4.78 is 16.9. The Morgan fingerprint density at radius 1 is 0.879 bits per heavy atom. The fraction of sp³-hybridized carbons (Fsp3) is 0.0385. The summed E-state index contributed by atoms with van der Waals surface area (Å²) in [6.07, 6.45) is 0. The minimum absolute atomic E-state index is 0.0186. The molecule has 1 aliphatic heterocycles. The van der Waals surface area contributed by atoms with Crippen LogP contribution in [0.1, 0.15) is 17.0 Å². The molecule has 0 spiro atoms. The first kappa shape index (κ1) is 18.9. The van der Waals surface area contributed by atoms with E-state index in [-0.39, 0.29) is 22.8 Å². The molecule has 7 nitrogen and oxygen atoms in total. The highest BCUT2D eigenvalue weighted by molar-refractivity contribution is 6.05. The van der Waals surface area contributed by atoms with Gasteiger partial charge in [-0.2, -0.15) is 5.26 Å². The van der Waals surface area contributed by atoms with Gasteiger partial charge in [-0.15, -0.1) is 0 Å². The van der Waals surface area contributed by atoms with Gasteiger partial charge in [0.1, 0.15) is 22.8 Å². The van der Waals surface area contributed by atoms with Crippen LogP contribution in [0.2, 0.25) is 0 Å². The third-order valence-electron chi connectivity index (χ3n) is 5.95. The van der Waals surface area contributed by atoms with E-state index in [4.69, 9.17) is 19.3 Å². The fourth-order valence-corrected chi connectivity index (χ4v) is 4.53. The summed E-state index contributed by atoms with van der Waals surface area (Å²) in [7, 11) is 0. The predicted octanol–water partition coefficient (Wildman–Crippen LogP) is 4.27. The average Bonchev–Trinajstić information content (AvgIpc) is 2.82. The van der Waals surface area contributed by atoms with Gasteiger partial charge in [0.05, 0.1) is 16.9 Å². The van der Waals surface area contributed by atoms with E-state index in [9.17, 15) is 14.9 Å². The number of nitrogens with zero attached hydrogens (tertiary/aromatic N) is 1. The van der Waals surface area contributed by atoms with E-state index in [1.54, 1.807) is 30.3 Å². The van der Waals surface area contributed by atoms with E-state index in [0.717, 1.165) is 10.8 Å². The van der Waals surface area contributed by atoms with Gasteiger partial charge in [-0.3, -0.25) is 0 Å². The second kappa shape index (κ2) is 6.84. The van der Waals surface area contributed by atoms with Crippen LogP contribution in [0.15, 0.2) is 96.6 Å². The summed E-state index contributed by atoms with van der Waals surface area (Å²) in [5, 5.41) is 12.7. The maximum absolute atomic E-state index is 13.1. The van der Waals surface area contributed by atoms with Crippen molar-refractivity contribution in [3.05, 3.63) is 110 Å². The molecule has 3 aromatic carbocycles. The molecule has 0 fully saturated rings. The van der Waals surface area contributed by atoms with Crippen LogP contribution in [0.25, 0.3) is 32.7 Å². The highest BCUT2D eigenvalue weighted by atomic mass is 16.5. The Morgan fingerprint density at radius 2 is 1.64 bits per heavy atom. The van der Waals surface area contributed by atoms with E-state index in [1.807, 2.05) is 30.3 Å². The molecule has 0 amide bonds. The minimum Gasteiger partial charge on any atom is -0.439 e. The van der Waals surface area contributed by atoms with Crippen molar-refractivity contribution in [2.75, 3.05) is 0 Å². The second-order valence-corrected chi connectivity index (χ2v) is 7.74. The predicted molar refractivity (Wildman–Crippen MR) is 122 cm³/mol. The van der Waals surface area contributed by atoms with Crippen LogP contribution in [-0.2, 0) is 0 Å². The summed E-state index contributed by atoms with van der Waals surface area (Å²) in [6.45, 7) is 0. The van der Waals surface area contributed by atoms with Crippen LogP contribution in [0, 0.1) is 11.3 Å². The number of nitrogens with two attached hydrogens (primary N) is 1. The van der Waals surface area contributed by atoms with Crippen molar-refractivity contribution in [1.29, 1.82) is 5.26 Å². The van der Waals surface area contributed by atoms with Crippen LogP contribution in [0.4, 0.5) is 0 Å². The van der Waals surface area contributed by atoms with E-state index in [0.29, 0.717) is 27.5 Å². The molecule has 1 atom stereocenters. The molecule has 2 N–H and O–H groups in total. The quantitative estimate of drug-likeness (QED) is 0.309. The van der Waals surface area contributed by atoms with Gasteiger partial charge >= 0.3 is 11.3 Å². The number of rotatable bonds is 1. The molecule has 0 saturated carbocycles. The molecular formula is C26H14N2O5. The minimum atomic E-state index is -0.965. The summed E-state index contributed by atoms with van der Waals surface area (Å²) in [4.78, 5) is 25.8. The Morgan fingerprint density at radius 3 is 2.45 bits per heavy atom. The van der Waals surface area contributed by atoms with Crippen LogP contribution >= 0.6 is 0 Å². The topological polar surface area (TPSA) is 119 Å². The van der Waals surface area contributed by atoms with Crippen molar-refractivity contribution in [2.24, 2.45) is 5.73 Å². The molecule has 1 unspecified atom stereocenters. The van der Waals surface area contributed by atoms with E-state index >= 15 is 0 Å². The number of hydrogen-bond acceptors (Lipinski definition) is 7. The molecule has 2 aromatic heterocycles. The number of hydrogen-bond donors (Lipinski definition) is 1. The van der Waals surface area contributed by atoms with Crippen LogP contribution in [0.3, 0.4) is 0 Å². The number of fused-ring (bicyclic) bond motifs is 6. The maximum Gasteiger partial charge on any atom is 0.344 e. The lowest BCUT2D eigenvalue weighted by Crippen LogP contribution is -2.27. The zero-order valence-electron chi connectivity index (χ0n) is 17.0. The summed E-state index contributed by atoms with van der Waals surface area (Å²) >= 11 is 0. The zero-order chi connectivity index (χ0) is 22.7. The molecule has 0 bridgehead atoms. The Labute approximate surface area is 185 Å². The summed E-state index contributed by atoms with van der Waals surface area (Å²) in [6, 6.07) is 21.4. The van der Waals surface area contributed by atoms with Crippen molar-refractivity contribution >= 4 is 32.7 Å². The first-order valence-corrected chi connectivity index (χ1v) is 10.2. The van der Waals surface area contributed by atoms with Crippen LogP contribution < -0.4 is 21.7 Å². The molecular weight excluding hydrogens is 420 g/mol. The van der Waals surface area contributed by atoms with Crippen molar-refractivity contribution < 1.29 is 13.6 Å². The van der Waals surface area contributed by atoms with Gasteiger partial charge in [0.2, 0.25) is 5.88 Å². The first-order valence-electron chi connectivity index (χ1n) is 10.2. The third kappa shape index (κ3) is 2.68. The smallest absolute Gasteiger partial charge is 0.344 e. The number of allylic oxidation sites excluding steroid dienone is 1. The number of para-hydroxylation sites is 1. The highest BCUT2D eigenvalue weighted by Crippen LogP contribution is 2.45. The van der Waals surface area contributed by atoms with Gasteiger partial charge in [-0.1, -0.05) is 48.5 Å². The monoisotopic (exact) mass is 434 g/mol. The first-order chi connectivity index (χ1) is 16.1. The van der Waals surface area contributed by atoms with Gasteiger partial charge in [0, 0.05) is 16.8 Å². The highest BCUT2D eigenvalue weighted by Gasteiger charge is 2.37. The number of nitriles is 1. The Hall–Kier alpha value is -4.83. The van der Waals surface area contributed by atoms with Gasteiger partial charge < -0.3 is 19.3 Å². The molecule has 7 heteroatoms.